The van der Waals surface area contributed by atoms with Crippen molar-refractivity contribution in [3.05, 3.63) is 27.9 Å². The van der Waals surface area contributed by atoms with Gasteiger partial charge in [-0.25, -0.2) is 4.98 Å². The fraction of sp³-hybridized carbons (Fsp3) is 0.615. The maximum absolute atomic E-state index is 10.7. The third-order valence-corrected chi connectivity index (χ3v) is 3.64. The third-order valence-electron chi connectivity index (χ3n) is 3.64. The smallest absolute Gasteiger partial charge is 0.290 e. The highest BCUT2D eigenvalue weighted by Gasteiger charge is 2.26. The van der Waals surface area contributed by atoms with Crippen LogP contribution in [0.3, 0.4) is 0 Å². The summed E-state index contributed by atoms with van der Waals surface area (Å²) in [6.07, 6.45) is 4.45. The zero-order chi connectivity index (χ0) is 13.8. The first-order valence-electron chi connectivity index (χ1n) is 6.60. The Kier molecular flexibility index (Phi) is 4.31. The Morgan fingerprint density at radius 2 is 2.21 bits per heavy atom. The summed E-state index contributed by atoms with van der Waals surface area (Å²) in [5, 5.41) is 10.7. The molecule has 2 N–H and O–H groups in total. The molecule has 0 radical (unpaired) electrons. The Labute approximate surface area is 112 Å². The molecule has 19 heavy (non-hydrogen) atoms. The van der Waals surface area contributed by atoms with E-state index in [4.69, 9.17) is 10.5 Å². The molecule has 2 atom stereocenters. The fourth-order valence-corrected chi connectivity index (χ4v) is 2.54. The van der Waals surface area contributed by atoms with Crippen molar-refractivity contribution >= 4 is 5.69 Å². The second-order valence-electron chi connectivity index (χ2n) is 4.95. The van der Waals surface area contributed by atoms with Crippen molar-refractivity contribution in [2.75, 3.05) is 6.54 Å². The summed E-state index contributed by atoms with van der Waals surface area (Å²) in [7, 11) is 0. The number of nitrogens with zero attached hydrogens (tertiary/aromatic N) is 2. The van der Waals surface area contributed by atoms with Gasteiger partial charge in [-0.1, -0.05) is 6.42 Å². The van der Waals surface area contributed by atoms with E-state index in [0.29, 0.717) is 24.0 Å². The molecule has 1 heterocycles. The number of ether oxygens (including phenoxy) is 1. The van der Waals surface area contributed by atoms with E-state index in [0.717, 1.165) is 19.3 Å². The van der Waals surface area contributed by atoms with E-state index in [9.17, 15) is 10.1 Å². The van der Waals surface area contributed by atoms with E-state index in [1.165, 1.54) is 12.5 Å². The molecule has 2 unspecified atom stereocenters. The molecule has 6 nitrogen and oxygen atoms in total. The summed E-state index contributed by atoms with van der Waals surface area (Å²) in [6, 6.07) is 3.01. The summed E-state index contributed by atoms with van der Waals surface area (Å²) in [5.74, 6) is 0.805. The molecular weight excluding hydrogens is 246 g/mol. The second kappa shape index (κ2) is 5.97. The monoisotopic (exact) mass is 265 g/mol. The van der Waals surface area contributed by atoms with Crippen LogP contribution in [0.25, 0.3) is 0 Å². The Morgan fingerprint density at radius 1 is 1.47 bits per heavy atom. The molecule has 0 aliphatic heterocycles. The van der Waals surface area contributed by atoms with Crippen molar-refractivity contribution < 1.29 is 9.66 Å². The Bertz CT molecular complexity index is 464. The quantitative estimate of drug-likeness (QED) is 0.665. The molecule has 1 saturated carbocycles. The SMILES string of the molecule is Cc1nc(OC2CCCCC2CN)ccc1[N+](=O)[O-]. The molecule has 0 bridgehead atoms. The summed E-state index contributed by atoms with van der Waals surface area (Å²) in [6.45, 7) is 2.23. The van der Waals surface area contributed by atoms with Crippen molar-refractivity contribution in [2.45, 2.75) is 38.7 Å². The molecule has 2 rings (SSSR count). The van der Waals surface area contributed by atoms with Crippen LogP contribution in [-0.4, -0.2) is 22.6 Å². The molecular formula is C13H19N3O3. The van der Waals surface area contributed by atoms with Gasteiger partial charge in [0, 0.05) is 18.1 Å². The van der Waals surface area contributed by atoms with Gasteiger partial charge in [0.05, 0.1) is 4.92 Å². The number of pyridine rings is 1. The molecule has 0 saturated heterocycles. The van der Waals surface area contributed by atoms with Crippen LogP contribution in [0.4, 0.5) is 5.69 Å². The zero-order valence-electron chi connectivity index (χ0n) is 11.0. The van der Waals surface area contributed by atoms with E-state index in [1.54, 1.807) is 13.0 Å². The summed E-state index contributed by atoms with van der Waals surface area (Å²) in [5.41, 5.74) is 6.15. The van der Waals surface area contributed by atoms with E-state index >= 15 is 0 Å². The highest BCUT2D eigenvalue weighted by molar-refractivity contribution is 5.36. The molecule has 1 aromatic heterocycles. The molecule has 0 spiro atoms. The molecule has 104 valence electrons. The minimum absolute atomic E-state index is 0.0198. The van der Waals surface area contributed by atoms with Crippen LogP contribution in [0, 0.1) is 23.0 Å². The van der Waals surface area contributed by atoms with Gasteiger partial charge < -0.3 is 10.5 Å². The summed E-state index contributed by atoms with van der Waals surface area (Å²) >= 11 is 0. The molecule has 0 amide bonds. The van der Waals surface area contributed by atoms with Crippen LogP contribution in [0.15, 0.2) is 12.1 Å². The van der Waals surface area contributed by atoms with Gasteiger partial charge in [0.15, 0.2) is 0 Å². The number of nitrogens with two attached hydrogens (primary N) is 1. The van der Waals surface area contributed by atoms with E-state index < -0.39 is 4.92 Å². The lowest BCUT2D eigenvalue weighted by atomic mass is 9.86. The largest absolute Gasteiger partial charge is 0.474 e. The molecule has 1 aliphatic rings. The third kappa shape index (κ3) is 3.20. The number of rotatable bonds is 4. The number of nitro groups is 1. The first kappa shape index (κ1) is 13.7. The molecule has 1 aliphatic carbocycles. The summed E-state index contributed by atoms with van der Waals surface area (Å²) in [4.78, 5) is 14.4. The highest BCUT2D eigenvalue weighted by atomic mass is 16.6. The van der Waals surface area contributed by atoms with Gasteiger partial charge in [0.2, 0.25) is 5.88 Å². The normalized spacial score (nSPS) is 23.1. The Morgan fingerprint density at radius 3 is 2.84 bits per heavy atom. The van der Waals surface area contributed by atoms with Gasteiger partial charge in [-0.3, -0.25) is 10.1 Å². The second-order valence-corrected chi connectivity index (χ2v) is 4.95. The predicted octanol–water partition coefficient (Wildman–Crippen LogP) is 2.19. The van der Waals surface area contributed by atoms with Gasteiger partial charge in [-0.15, -0.1) is 0 Å². The first-order valence-corrected chi connectivity index (χ1v) is 6.60. The van der Waals surface area contributed by atoms with Crippen LogP contribution in [0.1, 0.15) is 31.4 Å². The van der Waals surface area contributed by atoms with Crippen molar-refractivity contribution in [2.24, 2.45) is 11.7 Å². The number of hydrogen-bond donors (Lipinski definition) is 1. The maximum atomic E-state index is 10.7. The van der Waals surface area contributed by atoms with Crippen LogP contribution >= 0.6 is 0 Å². The van der Waals surface area contributed by atoms with Gasteiger partial charge in [-0.2, -0.15) is 0 Å². The fourth-order valence-electron chi connectivity index (χ4n) is 2.54. The first-order chi connectivity index (χ1) is 9.11. The van der Waals surface area contributed by atoms with Crippen molar-refractivity contribution in [3.63, 3.8) is 0 Å². The van der Waals surface area contributed by atoms with Crippen molar-refractivity contribution in [1.29, 1.82) is 0 Å². The van der Waals surface area contributed by atoms with Crippen LogP contribution in [0.5, 0.6) is 5.88 Å². The lowest BCUT2D eigenvalue weighted by Crippen LogP contribution is -2.35. The predicted molar refractivity (Wildman–Crippen MR) is 71.1 cm³/mol. The number of hydrogen-bond acceptors (Lipinski definition) is 5. The van der Waals surface area contributed by atoms with Gasteiger partial charge in [-0.05, 0) is 32.7 Å². The van der Waals surface area contributed by atoms with Crippen molar-refractivity contribution in [3.8, 4) is 5.88 Å². The van der Waals surface area contributed by atoms with Gasteiger partial charge >= 0.3 is 0 Å². The molecule has 1 aromatic rings. The Hall–Kier alpha value is -1.69. The van der Waals surface area contributed by atoms with Gasteiger partial charge in [0.25, 0.3) is 5.69 Å². The van der Waals surface area contributed by atoms with E-state index in [2.05, 4.69) is 4.98 Å². The van der Waals surface area contributed by atoms with Crippen LogP contribution < -0.4 is 10.5 Å². The number of aromatic nitrogens is 1. The Balaban J connectivity index is 2.10. The standard InChI is InChI=1S/C13H19N3O3/c1-9-11(16(17)18)6-7-13(15-9)19-12-5-3-2-4-10(12)8-14/h6-7,10,12H,2-5,8,14H2,1H3. The van der Waals surface area contributed by atoms with E-state index in [1.807, 2.05) is 0 Å². The average Bonchev–Trinajstić information content (AvgIpc) is 2.39. The van der Waals surface area contributed by atoms with Gasteiger partial charge in [0.1, 0.15) is 11.8 Å². The average molecular weight is 265 g/mol. The minimum atomic E-state index is -0.435. The topological polar surface area (TPSA) is 91.3 Å². The molecule has 0 aromatic carbocycles. The highest BCUT2D eigenvalue weighted by Crippen LogP contribution is 2.28. The van der Waals surface area contributed by atoms with Crippen molar-refractivity contribution in [1.82, 2.24) is 4.98 Å². The zero-order valence-corrected chi connectivity index (χ0v) is 11.0. The summed E-state index contributed by atoms with van der Waals surface area (Å²) < 4.78 is 5.86. The van der Waals surface area contributed by atoms with Crippen LogP contribution in [0.2, 0.25) is 0 Å². The van der Waals surface area contributed by atoms with Crippen LogP contribution in [-0.2, 0) is 0 Å². The molecule has 1 fully saturated rings. The maximum Gasteiger partial charge on any atom is 0.290 e. The number of aryl methyl sites for hydroxylation is 1. The lowest BCUT2D eigenvalue weighted by Gasteiger charge is -2.30. The van der Waals surface area contributed by atoms with E-state index in [-0.39, 0.29) is 11.8 Å². The lowest BCUT2D eigenvalue weighted by molar-refractivity contribution is -0.385. The molecule has 6 heteroatoms. The minimum Gasteiger partial charge on any atom is -0.474 e.